The maximum Gasteiger partial charge on any atom is 0.174 e. The van der Waals surface area contributed by atoms with Crippen LogP contribution in [0.15, 0.2) is 0 Å². The first kappa shape index (κ1) is 8.12. The van der Waals surface area contributed by atoms with Crippen molar-refractivity contribution in [2.45, 2.75) is 37.9 Å². The Bertz CT molecular complexity index is 225. The quantitative estimate of drug-likeness (QED) is 0.588. The lowest BCUT2D eigenvalue weighted by Crippen LogP contribution is -2.58. The second-order valence-corrected chi connectivity index (χ2v) is 5.72. The van der Waals surface area contributed by atoms with E-state index in [0.717, 1.165) is 36.9 Å². The molecule has 0 radical (unpaired) electrons. The van der Waals surface area contributed by atoms with Gasteiger partial charge in [-0.1, -0.05) is 0 Å². The van der Waals surface area contributed by atoms with Gasteiger partial charge in [-0.2, -0.15) is 0 Å². The second-order valence-electron chi connectivity index (χ2n) is 5.72. The van der Waals surface area contributed by atoms with Crippen molar-refractivity contribution < 1.29 is 9.47 Å². The van der Waals surface area contributed by atoms with Crippen LogP contribution < -0.4 is 0 Å². The Balaban J connectivity index is 1.73. The largest absolute Gasteiger partial charge is 0.347 e. The summed E-state index contributed by atoms with van der Waals surface area (Å²) in [6, 6.07) is 0. The van der Waals surface area contributed by atoms with Crippen LogP contribution in [0.5, 0.6) is 0 Å². The highest BCUT2D eigenvalue weighted by molar-refractivity contribution is 5.04. The Morgan fingerprint density at radius 1 is 0.714 bits per heavy atom. The Morgan fingerprint density at radius 2 is 1.21 bits per heavy atom. The summed E-state index contributed by atoms with van der Waals surface area (Å²) in [6.07, 6.45) is 7.03. The summed E-state index contributed by atoms with van der Waals surface area (Å²) in [7, 11) is 0. The van der Waals surface area contributed by atoms with Gasteiger partial charge in [0.1, 0.15) is 0 Å². The van der Waals surface area contributed by atoms with Crippen LogP contribution in [0, 0.1) is 23.7 Å². The van der Waals surface area contributed by atoms with E-state index < -0.39 is 0 Å². The monoisotopic (exact) mass is 194 g/mol. The fourth-order valence-corrected chi connectivity index (χ4v) is 4.76. The molecular formula is C12H18O2. The summed E-state index contributed by atoms with van der Waals surface area (Å²) in [5.74, 6) is 3.39. The Hall–Kier alpha value is -0.0800. The van der Waals surface area contributed by atoms with Crippen LogP contribution >= 0.6 is 0 Å². The van der Waals surface area contributed by atoms with Crippen LogP contribution in [0.4, 0.5) is 0 Å². The van der Waals surface area contributed by atoms with Crippen molar-refractivity contribution in [3.05, 3.63) is 0 Å². The topological polar surface area (TPSA) is 18.5 Å². The molecule has 5 fully saturated rings. The minimum absolute atomic E-state index is 0.104. The maximum atomic E-state index is 6.00. The Labute approximate surface area is 85.0 Å². The van der Waals surface area contributed by atoms with Gasteiger partial charge in [0.05, 0.1) is 13.2 Å². The fraction of sp³-hybridized carbons (Fsp3) is 1.00. The fourth-order valence-electron chi connectivity index (χ4n) is 4.76. The molecule has 1 heterocycles. The summed E-state index contributed by atoms with van der Waals surface area (Å²) in [5, 5.41) is 0. The van der Waals surface area contributed by atoms with E-state index in [-0.39, 0.29) is 5.79 Å². The number of rotatable bonds is 0. The molecule has 0 unspecified atom stereocenters. The summed E-state index contributed by atoms with van der Waals surface area (Å²) >= 11 is 0. The molecule has 0 aromatic rings. The molecule has 0 amide bonds. The van der Waals surface area contributed by atoms with E-state index in [0.29, 0.717) is 0 Å². The average molecular weight is 194 g/mol. The Morgan fingerprint density at radius 3 is 1.71 bits per heavy atom. The molecule has 4 bridgehead atoms. The third-order valence-electron chi connectivity index (χ3n) is 5.01. The standard InChI is InChI=1S/C12H18O2/c1-2-14-12(13-1)10-4-8-3-9(6-10)7-11(12)5-8/h8-11H,1-7H2. The molecule has 0 aromatic carbocycles. The lowest BCUT2D eigenvalue weighted by Gasteiger charge is -2.58. The van der Waals surface area contributed by atoms with Gasteiger partial charge in [-0.05, 0) is 43.9 Å². The third-order valence-corrected chi connectivity index (χ3v) is 5.01. The van der Waals surface area contributed by atoms with Crippen LogP contribution in [0.2, 0.25) is 0 Å². The zero-order valence-electron chi connectivity index (χ0n) is 8.58. The molecule has 78 valence electrons. The minimum atomic E-state index is -0.104. The highest BCUT2D eigenvalue weighted by atomic mass is 16.7. The lowest BCUT2D eigenvalue weighted by atomic mass is 9.53. The molecule has 1 saturated heterocycles. The van der Waals surface area contributed by atoms with Gasteiger partial charge in [0.15, 0.2) is 5.79 Å². The van der Waals surface area contributed by atoms with Crippen LogP contribution in [0.25, 0.3) is 0 Å². The molecule has 14 heavy (non-hydrogen) atoms. The first-order valence-corrected chi connectivity index (χ1v) is 6.15. The number of ether oxygens (including phenoxy) is 2. The summed E-state index contributed by atoms with van der Waals surface area (Å²) in [5.41, 5.74) is 0. The van der Waals surface area contributed by atoms with Gasteiger partial charge >= 0.3 is 0 Å². The molecule has 0 N–H and O–H groups in total. The van der Waals surface area contributed by atoms with Gasteiger partial charge in [-0.15, -0.1) is 0 Å². The zero-order chi connectivity index (χ0) is 9.17. The van der Waals surface area contributed by atoms with Gasteiger partial charge in [0, 0.05) is 11.8 Å². The third kappa shape index (κ3) is 0.849. The van der Waals surface area contributed by atoms with Gasteiger partial charge in [-0.25, -0.2) is 0 Å². The van der Waals surface area contributed by atoms with Crippen molar-refractivity contribution in [2.24, 2.45) is 23.7 Å². The molecule has 0 atom stereocenters. The van der Waals surface area contributed by atoms with Gasteiger partial charge in [-0.3, -0.25) is 0 Å². The zero-order valence-corrected chi connectivity index (χ0v) is 8.58. The van der Waals surface area contributed by atoms with E-state index in [1.807, 2.05) is 0 Å². The maximum absolute atomic E-state index is 6.00. The highest BCUT2D eigenvalue weighted by Gasteiger charge is 2.60. The molecule has 2 heteroatoms. The van der Waals surface area contributed by atoms with Crippen LogP contribution in [0.1, 0.15) is 32.1 Å². The van der Waals surface area contributed by atoms with E-state index in [9.17, 15) is 0 Å². The smallest absolute Gasteiger partial charge is 0.174 e. The molecule has 1 spiro atoms. The number of hydrogen-bond acceptors (Lipinski definition) is 2. The minimum Gasteiger partial charge on any atom is -0.347 e. The van der Waals surface area contributed by atoms with E-state index >= 15 is 0 Å². The van der Waals surface area contributed by atoms with Crippen molar-refractivity contribution in [1.82, 2.24) is 0 Å². The first-order chi connectivity index (χ1) is 6.87. The van der Waals surface area contributed by atoms with Crippen molar-refractivity contribution >= 4 is 0 Å². The summed E-state index contributed by atoms with van der Waals surface area (Å²) in [6.45, 7) is 1.67. The van der Waals surface area contributed by atoms with Crippen LogP contribution in [0.3, 0.4) is 0 Å². The normalized spacial score (nSPS) is 53.1. The average Bonchev–Trinajstić information content (AvgIpc) is 2.63. The molecule has 5 aliphatic rings. The van der Waals surface area contributed by atoms with E-state index in [1.54, 1.807) is 0 Å². The predicted molar refractivity (Wildman–Crippen MR) is 51.7 cm³/mol. The van der Waals surface area contributed by atoms with Crippen molar-refractivity contribution in [1.29, 1.82) is 0 Å². The lowest BCUT2D eigenvalue weighted by molar-refractivity contribution is -0.287. The SMILES string of the molecule is C1COC2(O1)C1CC3CC(C1)CC2C3. The van der Waals surface area contributed by atoms with E-state index in [4.69, 9.17) is 9.47 Å². The van der Waals surface area contributed by atoms with Crippen molar-refractivity contribution in [3.63, 3.8) is 0 Å². The predicted octanol–water partition coefficient (Wildman–Crippen LogP) is 2.19. The second kappa shape index (κ2) is 2.53. The highest BCUT2D eigenvalue weighted by Crippen LogP contribution is 2.60. The molecule has 1 aliphatic heterocycles. The van der Waals surface area contributed by atoms with Gasteiger partial charge in [0.2, 0.25) is 0 Å². The van der Waals surface area contributed by atoms with E-state index in [1.165, 1.54) is 32.1 Å². The van der Waals surface area contributed by atoms with Crippen LogP contribution in [-0.4, -0.2) is 19.0 Å². The summed E-state index contributed by atoms with van der Waals surface area (Å²) < 4.78 is 12.0. The molecule has 0 aromatic heterocycles. The molecule has 5 rings (SSSR count). The van der Waals surface area contributed by atoms with E-state index in [2.05, 4.69) is 0 Å². The number of hydrogen-bond donors (Lipinski definition) is 0. The van der Waals surface area contributed by atoms with Gasteiger partial charge in [0.25, 0.3) is 0 Å². The van der Waals surface area contributed by atoms with Crippen LogP contribution in [-0.2, 0) is 9.47 Å². The molecule has 4 saturated carbocycles. The van der Waals surface area contributed by atoms with Crippen molar-refractivity contribution in [3.8, 4) is 0 Å². The van der Waals surface area contributed by atoms with Gasteiger partial charge < -0.3 is 9.47 Å². The molecular weight excluding hydrogens is 176 g/mol. The first-order valence-electron chi connectivity index (χ1n) is 6.15. The summed E-state index contributed by atoms with van der Waals surface area (Å²) in [4.78, 5) is 0. The molecule has 2 nitrogen and oxygen atoms in total. The Kier molecular flexibility index (Phi) is 1.47. The van der Waals surface area contributed by atoms with Crippen molar-refractivity contribution in [2.75, 3.05) is 13.2 Å². The molecule has 4 aliphatic carbocycles.